The molecule has 0 bridgehead atoms. The summed E-state index contributed by atoms with van der Waals surface area (Å²) >= 11 is 0. The van der Waals surface area contributed by atoms with Gasteiger partial charge in [-0.15, -0.1) is 0 Å². The van der Waals surface area contributed by atoms with Gasteiger partial charge in [-0.1, -0.05) is 19.1 Å². The Hall–Kier alpha value is -0.930. The minimum absolute atomic E-state index is 0.144. The number of halogens is 1. The fourth-order valence-corrected chi connectivity index (χ4v) is 3.06. The third-order valence-electron chi connectivity index (χ3n) is 4.56. The number of hydrogen-bond acceptors (Lipinski definition) is 2. The van der Waals surface area contributed by atoms with Gasteiger partial charge in [-0.05, 0) is 55.8 Å². The normalized spacial score (nSPS) is 20.4. The van der Waals surface area contributed by atoms with Gasteiger partial charge in [-0.25, -0.2) is 4.39 Å². The van der Waals surface area contributed by atoms with Gasteiger partial charge in [0.1, 0.15) is 5.82 Å². The van der Waals surface area contributed by atoms with Gasteiger partial charge in [0.25, 0.3) is 0 Å². The third-order valence-corrected chi connectivity index (χ3v) is 4.56. The van der Waals surface area contributed by atoms with Gasteiger partial charge in [0, 0.05) is 25.2 Å². The van der Waals surface area contributed by atoms with Crippen molar-refractivity contribution in [1.29, 1.82) is 0 Å². The zero-order valence-corrected chi connectivity index (χ0v) is 12.3. The molecule has 0 saturated heterocycles. The molecule has 0 aromatic heterocycles. The summed E-state index contributed by atoms with van der Waals surface area (Å²) in [5, 5.41) is 3.70. The van der Waals surface area contributed by atoms with Crippen molar-refractivity contribution in [2.75, 3.05) is 19.6 Å². The van der Waals surface area contributed by atoms with Gasteiger partial charge >= 0.3 is 0 Å². The maximum absolute atomic E-state index is 13.0. The van der Waals surface area contributed by atoms with Crippen molar-refractivity contribution < 1.29 is 4.39 Å². The van der Waals surface area contributed by atoms with Crippen LogP contribution in [0.3, 0.4) is 0 Å². The van der Waals surface area contributed by atoms with Crippen LogP contribution in [0, 0.1) is 11.7 Å². The quantitative estimate of drug-likeness (QED) is 0.783. The molecule has 2 fully saturated rings. The van der Waals surface area contributed by atoms with Gasteiger partial charge in [0.2, 0.25) is 0 Å². The van der Waals surface area contributed by atoms with Crippen molar-refractivity contribution in [1.82, 2.24) is 10.2 Å². The Morgan fingerprint density at radius 2 is 1.90 bits per heavy atom. The summed E-state index contributed by atoms with van der Waals surface area (Å²) in [5.74, 6) is 0.602. The fourth-order valence-electron chi connectivity index (χ4n) is 3.06. The molecule has 1 aromatic rings. The Kier molecular flexibility index (Phi) is 4.37. The lowest BCUT2D eigenvalue weighted by Gasteiger charge is -2.23. The first-order chi connectivity index (χ1) is 9.78. The summed E-state index contributed by atoms with van der Waals surface area (Å²) in [6.07, 6.45) is 5.35. The SMILES string of the molecule is CCN(CCNC(c1ccc(F)cc1)C1CC1)C1CC1. The molecule has 0 aliphatic heterocycles. The van der Waals surface area contributed by atoms with E-state index in [0.717, 1.165) is 31.6 Å². The van der Waals surface area contributed by atoms with E-state index < -0.39 is 0 Å². The van der Waals surface area contributed by atoms with E-state index in [4.69, 9.17) is 0 Å². The first-order valence-corrected chi connectivity index (χ1v) is 8.01. The first-order valence-electron chi connectivity index (χ1n) is 8.01. The highest BCUT2D eigenvalue weighted by Crippen LogP contribution is 2.40. The standard InChI is InChI=1S/C17H25FN2/c1-2-20(16-9-10-16)12-11-19-17(13-3-4-13)14-5-7-15(18)8-6-14/h5-8,13,16-17,19H,2-4,9-12H2,1H3. The monoisotopic (exact) mass is 276 g/mol. The van der Waals surface area contributed by atoms with Gasteiger partial charge in [0.15, 0.2) is 0 Å². The van der Waals surface area contributed by atoms with Crippen LogP contribution < -0.4 is 5.32 Å². The Bertz CT molecular complexity index is 423. The maximum atomic E-state index is 13.0. The van der Waals surface area contributed by atoms with Gasteiger partial charge in [0.05, 0.1) is 0 Å². The van der Waals surface area contributed by atoms with E-state index in [1.54, 1.807) is 12.1 Å². The zero-order chi connectivity index (χ0) is 13.9. The predicted molar refractivity (Wildman–Crippen MR) is 80.1 cm³/mol. The van der Waals surface area contributed by atoms with Crippen molar-refractivity contribution in [3.8, 4) is 0 Å². The molecule has 2 aliphatic carbocycles. The van der Waals surface area contributed by atoms with Crippen LogP contribution >= 0.6 is 0 Å². The van der Waals surface area contributed by atoms with E-state index in [1.165, 1.54) is 31.2 Å². The molecular formula is C17H25FN2. The number of likely N-dealkylation sites (N-methyl/N-ethyl adjacent to an activating group) is 1. The molecule has 1 atom stereocenters. The maximum Gasteiger partial charge on any atom is 0.123 e. The number of rotatable bonds is 8. The average molecular weight is 276 g/mol. The lowest BCUT2D eigenvalue weighted by atomic mass is 10.0. The molecule has 0 amide bonds. The van der Waals surface area contributed by atoms with Crippen molar-refractivity contribution in [2.45, 2.75) is 44.7 Å². The highest BCUT2D eigenvalue weighted by molar-refractivity contribution is 5.22. The molecule has 1 aromatic carbocycles. The summed E-state index contributed by atoms with van der Waals surface area (Å²) < 4.78 is 13.0. The zero-order valence-electron chi connectivity index (χ0n) is 12.3. The highest BCUT2D eigenvalue weighted by Gasteiger charge is 2.32. The topological polar surface area (TPSA) is 15.3 Å². The lowest BCUT2D eigenvalue weighted by Crippen LogP contribution is -2.35. The Morgan fingerprint density at radius 3 is 2.45 bits per heavy atom. The lowest BCUT2D eigenvalue weighted by molar-refractivity contribution is 0.270. The molecule has 3 rings (SSSR count). The molecule has 1 N–H and O–H groups in total. The minimum atomic E-state index is -0.144. The molecule has 2 aliphatic rings. The minimum Gasteiger partial charge on any atom is -0.308 e. The average Bonchev–Trinajstić information content (AvgIpc) is 3.33. The second-order valence-corrected chi connectivity index (χ2v) is 6.18. The highest BCUT2D eigenvalue weighted by atomic mass is 19.1. The molecule has 0 spiro atoms. The van der Waals surface area contributed by atoms with Crippen molar-refractivity contribution in [3.63, 3.8) is 0 Å². The summed E-state index contributed by atoms with van der Waals surface area (Å²) in [6.45, 7) is 5.56. The van der Waals surface area contributed by atoms with Crippen molar-refractivity contribution in [2.24, 2.45) is 5.92 Å². The van der Waals surface area contributed by atoms with Crippen molar-refractivity contribution in [3.05, 3.63) is 35.6 Å². The van der Waals surface area contributed by atoms with Crippen LogP contribution in [0.1, 0.15) is 44.2 Å². The van der Waals surface area contributed by atoms with Gasteiger partial charge < -0.3 is 5.32 Å². The van der Waals surface area contributed by atoms with E-state index in [9.17, 15) is 4.39 Å². The van der Waals surface area contributed by atoms with Crippen LogP contribution in [0.15, 0.2) is 24.3 Å². The van der Waals surface area contributed by atoms with Crippen LogP contribution in [-0.2, 0) is 0 Å². The van der Waals surface area contributed by atoms with Crippen molar-refractivity contribution >= 4 is 0 Å². The molecule has 0 heterocycles. The first kappa shape index (κ1) is 14.0. The molecule has 1 unspecified atom stereocenters. The molecule has 3 heteroatoms. The number of nitrogens with one attached hydrogen (secondary N) is 1. The summed E-state index contributed by atoms with van der Waals surface area (Å²) in [5.41, 5.74) is 1.24. The van der Waals surface area contributed by atoms with Crippen LogP contribution in [0.5, 0.6) is 0 Å². The molecule has 2 saturated carbocycles. The largest absolute Gasteiger partial charge is 0.308 e. The van der Waals surface area contributed by atoms with Crippen LogP contribution in [0.4, 0.5) is 4.39 Å². The second-order valence-electron chi connectivity index (χ2n) is 6.18. The number of hydrogen-bond donors (Lipinski definition) is 1. The Balaban J connectivity index is 1.53. The van der Waals surface area contributed by atoms with Gasteiger partial charge in [-0.2, -0.15) is 0 Å². The second kappa shape index (κ2) is 6.23. The molecule has 110 valence electrons. The van der Waals surface area contributed by atoms with E-state index >= 15 is 0 Å². The third kappa shape index (κ3) is 3.58. The Labute approximate surface area is 121 Å². The molecular weight excluding hydrogens is 251 g/mol. The number of benzene rings is 1. The molecule has 0 radical (unpaired) electrons. The predicted octanol–water partition coefficient (Wildman–Crippen LogP) is 3.35. The van der Waals surface area contributed by atoms with Crippen LogP contribution in [-0.4, -0.2) is 30.6 Å². The van der Waals surface area contributed by atoms with Crippen LogP contribution in [0.25, 0.3) is 0 Å². The molecule has 2 nitrogen and oxygen atoms in total. The summed E-state index contributed by atoms with van der Waals surface area (Å²) in [6, 6.07) is 8.28. The summed E-state index contributed by atoms with van der Waals surface area (Å²) in [7, 11) is 0. The fraction of sp³-hybridized carbons (Fsp3) is 0.647. The number of nitrogens with zero attached hydrogens (tertiary/aromatic N) is 1. The molecule has 20 heavy (non-hydrogen) atoms. The summed E-state index contributed by atoms with van der Waals surface area (Å²) in [4.78, 5) is 2.57. The van der Waals surface area contributed by atoms with E-state index in [0.29, 0.717) is 6.04 Å². The smallest absolute Gasteiger partial charge is 0.123 e. The van der Waals surface area contributed by atoms with E-state index in [1.807, 2.05) is 12.1 Å². The van der Waals surface area contributed by atoms with E-state index in [-0.39, 0.29) is 5.82 Å². The van der Waals surface area contributed by atoms with E-state index in [2.05, 4.69) is 17.1 Å². The van der Waals surface area contributed by atoms with Gasteiger partial charge in [-0.3, -0.25) is 4.90 Å². The van der Waals surface area contributed by atoms with Crippen LogP contribution in [0.2, 0.25) is 0 Å². The Morgan fingerprint density at radius 1 is 1.20 bits per heavy atom.